The molecule has 0 unspecified atom stereocenters. The fraction of sp³-hybridized carbons (Fsp3) is 0.125. The molecule has 14 heavy (non-hydrogen) atoms. The summed E-state index contributed by atoms with van der Waals surface area (Å²) in [6, 6.07) is 0. The van der Waals surface area contributed by atoms with Crippen LogP contribution in [0.3, 0.4) is 0 Å². The summed E-state index contributed by atoms with van der Waals surface area (Å²) in [5, 5.41) is 12.6. The highest BCUT2D eigenvalue weighted by Crippen LogP contribution is 2.12. The number of aryl methyl sites for hydroxylation is 1. The van der Waals surface area contributed by atoms with E-state index in [1.165, 1.54) is 17.0 Å². The highest BCUT2D eigenvalue weighted by atomic mass is 16.4. The zero-order valence-electron chi connectivity index (χ0n) is 7.31. The standard InChI is InChI=1S/C8H7N3O3/c1-4-5(8(13)14)2-11-6(4)7(12)9-3-10-11/h2-3H,1H3,(H,13,14)(H,9,10,12). The Hall–Kier alpha value is -2.11. The Kier molecular flexibility index (Phi) is 1.63. The van der Waals surface area contributed by atoms with E-state index in [2.05, 4.69) is 10.1 Å². The molecule has 0 spiro atoms. The lowest BCUT2D eigenvalue weighted by Crippen LogP contribution is -2.10. The number of aromatic amines is 1. The van der Waals surface area contributed by atoms with Crippen LogP contribution in [0.25, 0.3) is 5.52 Å². The molecule has 2 rings (SSSR count). The van der Waals surface area contributed by atoms with E-state index in [0.717, 1.165) is 0 Å². The Bertz CT molecular complexity index is 567. The minimum atomic E-state index is -1.06. The van der Waals surface area contributed by atoms with Crippen LogP contribution in [0.5, 0.6) is 0 Å². The van der Waals surface area contributed by atoms with Crippen LogP contribution in [0.1, 0.15) is 15.9 Å². The van der Waals surface area contributed by atoms with Gasteiger partial charge >= 0.3 is 5.97 Å². The molecule has 0 amide bonds. The average Bonchev–Trinajstić information content (AvgIpc) is 2.45. The van der Waals surface area contributed by atoms with E-state index < -0.39 is 5.97 Å². The monoisotopic (exact) mass is 193 g/mol. The zero-order valence-corrected chi connectivity index (χ0v) is 7.31. The number of nitrogens with zero attached hydrogens (tertiary/aromatic N) is 2. The van der Waals surface area contributed by atoms with E-state index in [-0.39, 0.29) is 16.6 Å². The summed E-state index contributed by atoms with van der Waals surface area (Å²) in [7, 11) is 0. The third-order valence-corrected chi connectivity index (χ3v) is 2.06. The van der Waals surface area contributed by atoms with Crippen LogP contribution in [0.2, 0.25) is 0 Å². The van der Waals surface area contributed by atoms with E-state index in [9.17, 15) is 9.59 Å². The van der Waals surface area contributed by atoms with Gasteiger partial charge in [0.05, 0.1) is 5.56 Å². The van der Waals surface area contributed by atoms with E-state index in [1.54, 1.807) is 6.92 Å². The van der Waals surface area contributed by atoms with Crippen molar-refractivity contribution < 1.29 is 9.90 Å². The molecule has 0 aliphatic heterocycles. The van der Waals surface area contributed by atoms with Crippen molar-refractivity contribution in [1.29, 1.82) is 0 Å². The summed E-state index contributed by atoms with van der Waals surface area (Å²) in [5.74, 6) is -1.06. The number of carboxylic acids is 1. The maximum atomic E-state index is 11.3. The van der Waals surface area contributed by atoms with Gasteiger partial charge in [0.25, 0.3) is 5.56 Å². The van der Waals surface area contributed by atoms with Gasteiger partial charge in [0, 0.05) is 6.20 Å². The van der Waals surface area contributed by atoms with Gasteiger partial charge < -0.3 is 10.1 Å². The van der Waals surface area contributed by atoms with Crippen molar-refractivity contribution in [3.8, 4) is 0 Å². The van der Waals surface area contributed by atoms with Crippen LogP contribution in [0.4, 0.5) is 0 Å². The van der Waals surface area contributed by atoms with Crippen LogP contribution in [0.15, 0.2) is 17.3 Å². The number of carbonyl (C=O) groups is 1. The molecular weight excluding hydrogens is 186 g/mol. The third kappa shape index (κ3) is 1.00. The second-order valence-corrected chi connectivity index (χ2v) is 2.88. The largest absolute Gasteiger partial charge is 0.478 e. The SMILES string of the molecule is Cc1c(C(=O)O)cn2nc[nH]c(=O)c12. The Morgan fingerprint density at radius 3 is 2.93 bits per heavy atom. The Labute approximate surface area is 77.8 Å². The lowest BCUT2D eigenvalue weighted by atomic mass is 10.2. The number of nitrogens with one attached hydrogen (secondary N) is 1. The van der Waals surface area contributed by atoms with Crippen LogP contribution < -0.4 is 5.56 Å². The number of aromatic carboxylic acids is 1. The molecule has 6 nitrogen and oxygen atoms in total. The van der Waals surface area contributed by atoms with E-state index in [1.807, 2.05) is 0 Å². The van der Waals surface area contributed by atoms with Crippen molar-refractivity contribution in [1.82, 2.24) is 14.6 Å². The lowest BCUT2D eigenvalue weighted by molar-refractivity contribution is 0.0696. The van der Waals surface area contributed by atoms with E-state index in [0.29, 0.717) is 5.56 Å². The molecule has 2 aromatic heterocycles. The first-order valence-corrected chi connectivity index (χ1v) is 3.90. The smallest absolute Gasteiger partial charge is 0.337 e. The molecule has 2 heterocycles. The fourth-order valence-corrected chi connectivity index (χ4v) is 1.38. The van der Waals surface area contributed by atoms with Gasteiger partial charge in [0.15, 0.2) is 0 Å². The van der Waals surface area contributed by atoms with Gasteiger partial charge in [0.1, 0.15) is 11.8 Å². The molecule has 0 aliphatic rings. The molecule has 2 N–H and O–H groups in total. The summed E-state index contributed by atoms with van der Waals surface area (Å²) in [6.45, 7) is 1.58. The molecule has 0 radical (unpaired) electrons. The summed E-state index contributed by atoms with van der Waals surface area (Å²) in [6.07, 6.45) is 2.54. The molecule has 72 valence electrons. The fourth-order valence-electron chi connectivity index (χ4n) is 1.38. The number of fused-ring (bicyclic) bond motifs is 1. The van der Waals surface area contributed by atoms with Crippen LogP contribution in [-0.4, -0.2) is 25.7 Å². The molecule has 0 saturated carbocycles. The molecule has 0 bridgehead atoms. The number of H-pyrrole nitrogens is 1. The summed E-state index contributed by atoms with van der Waals surface area (Å²) < 4.78 is 1.26. The second-order valence-electron chi connectivity index (χ2n) is 2.88. The van der Waals surface area contributed by atoms with Crippen molar-refractivity contribution in [2.45, 2.75) is 6.92 Å². The van der Waals surface area contributed by atoms with Gasteiger partial charge in [-0.05, 0) is 12.5 Å². The van der Waals surface area contributed by atoms with E-state index in [4.69, 9.17) is 5.11 Å². The molecule has 6 heteroatoms. The van der Waals surface area contributed by atoms with Crippen molar-refractivity contribution in [3.05, 3.63) is 34.0 Å². The Morgan fingerprint density at radius 1 is 1.64 bits per heavy atom. The van der Waals surface area contributed by atoms with Gasteiger partial charge in [-0.15, -0.1) is 0 Å². The average molecular weight is 193 g/mol. The third-order valence-electron chi connectivity index (χ3n) is 2.06. The number of hydrogen-bond donors (Lipinski definition) is 2. The van der Waals surface area contributed by atoms with Crippen molar-refractivity contribution in [3.63, 3.8) is 0 Å². The first-order valence-electron chi connectivity index (χ1n) is 3.90. The van der Waals surface area contributed by atoms with Gasteiger partial charge in [-0.2, -0.15) is 5.10 Å². The van der Waals surface area contributed by atoms with Crippen molar-refractivity contribution >= 4 is 11.5 Å². The molecule has 0 aromatic carbocycles. The normalized spacial score (nSPS) is 10.6. The van der Waals surface area contributed by atoms with Crippen molar-refractivity contribution in [2.24, 2.45) is 0 Å². The number of aromatic nitrogens is 3. The first-order chi connectivity index (χ1) is 6.61. The molecule has 0 aliphatic carbocycles. The summed E-state index contributed by atoms with van der Waals surface area (Å²) in [5.41, 5.74) is 0.441. The zero-order chi connectivity index (χ0) is 10.3. The number of carboxylic acid groups (broad SMARTS) is 1. The first kappa shape index (κ1) is 8.49. The minimum absolute atomic E-state index is 0.0919. The van der Waals surface area contributed by atoms with E-state index >= 15 is 0 Å². The van der Waals surface area contributed by atoms with Crippen LogP contribution >= 0.6 is 0 Å². The molecule has 0 saturated heterocycles. The van der Waals surface area contributed by atoms with Gasteiger partial charge in [-0.3, -0.25) is 4.79 Å². The minimum Gasteiger partial charge on any atom is -0.478 e. The molecular formula is C8H7N3O3. The van der Waals surface area contributed by atoms with Crippen molar-refractivity contribution in [2.75, 3.05) is 0 Å². The predicted octanol–water partition coefficient (Wildman–Crippen LogP) is 0.0292. The molecule has 2 aromatic rings. The number of hydrogen-bond acceptors (Lipinski definition) is 3. The summed E-state index contributed by atoms with van der Waals surface area (Å²) >= 11 is 0. The second kappa shape index (κ2) is 2.69. The van der Waals surface area contributed by atoms with Crippen LogP contribution in [-0.2, 0) is 0 Å². The lowest BCUT2D eigenvalue weighted by Gasteiger charge is -1.90. The topological polar surface area (TPSA) is 87.5 Å². The highest BCUT2D eigenvalue weighted by molar-refractivity contribution is 5.91. The number of rotatable bonds is 1. The predicted molar refractivity (Wildman–Crippen MR) is 47.5 cm³/mol. The van der Waals surface area contributed by atoms with Gasteiger partial charge in [-0.25, -0.2) is 9.31 Å². The quantitative estimate of drug-likeness (QED) is 0.668. The molecule has 0 fully saturated rings. The van der Waals surface area contributed by atoms with Gasteiger partial charge in [-0.1, -0.05) is 0 Å². The summed E-state index contributed by atoms with van der Waals surface area (Å²) in [4.78, 5) is 24.5. The Balaban J connectivity index is 2.94. The maximum absolute atomic E-state index is 11.3. The van der Waals surface area contributed by atoms with Gasteiger partial charge in [0.2, 0.25) is 0 Å². The molecule has 0 atom stereocenters. The maximum Gasteiger partial charge on any atom is 0.337 e. The Morgan fingerprint density at radius 2 is 2.36 bits per heavy atom. The van der Waals surface area contributed by atoms with Crippen LogP contribution in [0, 0.1) is 6.92 Å². The highest BCUT2D eigenvalue weighted by Gasteiger charge is 2.15.